The number of unbranched alkanes of at least 4 members (excludes halogenated alkanes) is 1. The summed E-state index contributed by atoms with van der Waals surface area (Å²) in [5, 5.41) is 0. The van der Waals surface area contributed by atoms with Gasteiger partial charge in [-0.15, -0.1) is 0 Å². The molecule has 0 amide bonds. The second kappa shape index (κ2) is 6.07. The minimum absolute atomic E-state index is 0.701. The van der Waals surface area contributed by atoms with Crippen LogP contribution in [-0.2, 0) is 0 Å². The second-order valence-corrected chi connectivity index (χ2v) is 7.42. The van der Waals surface area contributed by atoms with Gasteiger partial charge in [-0.05, 0) is 60.6 Å². The van der Waals surface area contributed by atoms with E-state index in [9.17, 15) is 0 Å². The molecule has 0 aromatic heterocycles. The van der Waals surface area contributed by atoms with Crippen molar-refractivity contribution in [3.05, 3.63) is 58.7 Å². The molecule has 0 aliphatic heterocycles. The van der Waals surface area contributed by atoms with E-state index in [-0.39, 0.29) is 0 Å². The maximum Gasteiger partial charge on any atom is 0.0126 e. The molecule has 1 aromatic rings. The fourth-order valence-electron chi connectivity index (χ4n) is 5.29. The van der Waals surface area contributed by atoms with E-state index in [1.807, 2.05) is 5.57 Å². The molecule has 1 saturated carbocycles. The van der Waals surface area contributed by atoms with Crippen LogP contribution >= 0.6 is 0 Å². The Morgan fingerprint density at radius 3 is 2.68 bits per heavy atom. The standard InChI is InChI=1S/C22H28/c1-2-3-9-17-14-15-20-18-12-7-8-13-19(18)21(22(17)20)16-10-5-4-6-11-16/h4-6,10-11,14,18-19,21H,2-3,7-9,12-13,15H2,1H3. The Balaban J connectivity index is 1.72. The van der Waals surface area contributed by atoms with E-state index in [1.165, 1.54) is 51.4 Å². The Kier molecular flexibility index (Phi) is 3.94. The molecule has 0 heterocycles. The lowest BCUT2D eigenvalue weighted by molar-refractivity contribution is 0.269. The minimum Gasteiger partial charge on any atom is -0.0769 e. The number of benzene rings is 1. The summed E-state index contributed by atoms with van der Waals surface area (Å²) in [5.74, 6) is 2.49. The van der Waals surface area contributed by atoms with Gasteiger partial charge in [-0.25, -0.2) is 0 Å². The molecule has 1 aromatic carbocycles. The number of hydrogen-bond donors (Lipinski definition) is 0. The van der Waals surface area contributed by atoms with Crippen molar-refractivity contribution in [1.82, 2.24) is 0 Å². The molecule has 3 atom stereocenters. The van der Waals surface area contributed by atoms with Crippen molar-refractivity contribution in [2.75, 3.05) is 0 Å². The van der Waals surface area contributed by atoms with Gasteiger partial charge in [0.1, 0.15) is 0 Å². The van der Waals surface area contributed by atoms with E-state index in [4.69, 9.17) is 0 Å². The molecule has 0 spiro atoms. The third-order valence-electron chi connectivity index (χ3n) is 6.22. The van der Waals surface area contributed by atoms with Crippen molar-refractivity contribution in [3.63, 3.8) is 0 Å². The van der Waals surface area contributed by atoms with Gasteiger partial charge in [0.2, 0.25) is 0 Å². The molecule has 4 rings (SSSR count). The highest BCUT2D eigenvalue weighted by molar-refractivity contribution is 5.54. The summed E-state index contributed by atoms with van der Waals surface area (Å²) in [6, 6.07) is 11.4. The van der Waals surface area contributed by atoms with E-state index < -0.39 is 0 Å². The molecule has 1 fully saturated rings. The predicted molar refractivity (Wildman–Crippen MR) is 93.9 cm³/mol. The zero-order valence-electron chi connectivity index (χ0n) is 13.9. The van der Waals surface area contributed by atoms with Crippen LogP contribution in [0.1, 0.15) is 69.8 Å². The van der Waals surface area contributed by atoms with Crippen LogP contribution in [0.25, 0.3) is 0 Å². The Labute approximate surface area is 135 Å². The van der Waals surface area contributed by atoms with Gasteiger partial charge < -0.3 is 0 Å². The fraction of sp³-hybridized carbons (Fsp3) is 0.545. The Hall–Kier alpha value is -1.30. The van der Waals surface area contributed by atoms with Crippen molar-refractivity contribution in [2.24, 2.45) is 11.8 Å². The first-order chi connectivity index (χ1) is 10.9. The zero-order chi connectivity index (χ0) is 14.9. The molecule has 22 heavy (non-hydrogen) atoms. The summed E-state index contributed by atoms with van der Waals surface area (Å²) in [6.45, 7) is 2.31. The first-order valence-electron chi connectivity index (χ1n) is 9.37. The van der Waals surface area contributed by atoms with Gasteiger partial charge in [0.15, 0.2) is 0 Å². The molecule has 0 radical (unpaired) electrons. The van der Waals surface area contributed by atoms with Crippen LogP contribution < -0.4 is 0 Å². The molecular formula is C22H28. The predicted octanol–water partition coefficient (Wildman–Crippen LogP) is 6.41. The lowest BCUT2D eigenvalue weighted by atomic mass is 9.71. The second-order valence-electron chi connectivity index (χ2n) is 7.42. The van der Waals surface area contributed by atoms with Gasteiger partial charge in [-0.1, -0.05) is 68.2 Å². The highest BCUT2D eigenvalue weighted by atomic mass is 14.5. The summed E-state index contributed by atoms with van der Waals surface area (Å²) in [5.41, 5.74) is 6.91. The maximum atomic E-state index is 2.57. The Bertz CT molecular complexity index is 590. The summed E-state index contributed by atoms with van der Waals surface area (Å²) in [4.78, 5) is 0. The third kappa shape index (κ3) is 2.28. The normalized spacial score (nSPS) is 30.2. The molecule has 0 saturated heterocycles. The molecular weight excluding hydrogens is 264 g/mol. The highest BCUT2D eigenvalue weighted by Crippen LogP contribution is 2.58. The van der Waals surface area contributed by atoms with Crippen LogP contribution in [0.3, 0.4) is 0 Å². The minimum atomic E-state index is 0.701. The van der Waals surface area contributed by atoms with Gasteiger partial charge in [0, 0.05) is 5.92 Å². The molecule has 0 heteroatoms. The molecule has 0 nitrogen and oxygen atoms in total. The number of rotatable bonds is 4. The average Bonchev–Trinajstić information content (AvgIpc) is 3.12. The molecule has 116 valence electrons. The molecule has 3 unspecified atom stereocenters. The van der Waals surface area contributed by atoms with Gasteiger partial charge in [-0.2, -0.15) is 0 Å². The van der Waals surface area contributed by atoms with Crippen molar-refractivity contribution in [1.29, 1.82) is 0 Å². The lowest BCUT2D eigenvalue weighted by Crippen LogP contribution is -2.21. The van der Waals surface area contributed by atoms with Crippen molar-refractivity contribution in [3.8, 4) is 0 Å². The third-order valence-corrected chi connectivity index (χ3v) is 6.22. The van der Waals surface area contributed by atoms with E-state index in [1.54, 1.807) is 16.7 Å². The van der Waals surface area contributed by atoms with Crippen LogP contribution in [0.4, 0.5) is 0 Å². The summed E-state index contributed by atoms with van der Waals surface area (Å²) >= 11 is 0. The van der Waals surface area contributed by atoms with E-state index in [0.29, 0.717) is 5.92 Å². The monoisotopic (exact) mass is 292 g/mol. The summed E-state index contributed by atoms with van der Waals surface area (Å²) in [7, 11) is 0. The Morgan fingerprint density at radius 2 is 1.86 bits per heavy atom. The molecule has 3 aliphatic rings. The number of allylic oxidation sites excluding steroid dienone is 4. The molecule has 0 N–H and O–H groups in total. The first-order valence-corrected chi connectivity index (χ1v) is 9.37. The quantitative estimate of drug-likeness (QED) is 0.601. The molecule has 3 aliphatic carbocycles. The van der Waals surface area contributed by atoms with Gasteiger partial charge >= 0.3 is 0 Å². The van der Waals surface area contributed by atoms with Gasteiger partial charge in [0.05, 0.1) is 0 Å². The smallest absolute Gasteiger partial charge is 0.0126 e. The van der Waals surface area contributed by atoms with Crippen LogP contribution in [0, 0.1) is 11.8 Å². The van der Waals surface area contributed by atoms with Crippen molar-refractivity contribution >= 4 is 0 Å². The summed E-state index contributed by atoms with van der Waals surface area (Å²) < 4.78 is 0. The Morgan fingerprint density at radius 1 is 1.05 bits per heavy atom. The number of hydrogen-bond acceptors (Lipinski definition) is 0. The lowest BCUT2D eigenvalue weighted by Gasteiger charge is -2.32. The first kappa shape index (κ1) is 14.3. The van der Waals surface area contributed by atoms with Crippen LogP contribution in [0.5, 0.6) is 0 Å². The van der Waals surface area contributed by atoms with Crippen LogP contribution in [0.15, 0.2) is 53.1 Å². The van der Waals surface area contributed by atoms with Crippen LogP contribution in [0.2, 0.25) is 0 Å². The van der Waals surface area contributed by atoms with Crippen LogP contribution in [-0.4, -0.2) is 0 Å². The largest absolute Gasteiger partial charge is 0.0769 e. The van der Waals surface area contributed by atoms with Gasteiger partial charge in [0.25, 0.3) is 0 Å². The molecule has 0 bridgehead atoms. The highest BCUT2D eigenvalue weighted by Gasteiger charge is 2.45. The SMILES string of the molecule is CCCCC1=CCC2=C1C(c1ccccc1)C1CCCCC21. The topological polar surface area (TPSA) is 0 Å². The number of fused-ring (bicyclic) bond motifs is 2. The summed E-state index contributed by atoms with van der Waals surface area (Å²) in [6.07, 6.45) is 13.6. The van der Waals surface area contributed by atoms with Crippen molar-refractivity contribution in [2.45, 2.75) is 64.2 Å². The average molecular weight is 292 g/mol. The zero-order valence-corrected chi connectivity index (χ0v) is 13.9. The van der Waals surface area contributed by atoms with Crippen molar-refractivity contribution < 1.29 is 0 Å². The van der Waals surface area contributed by atoms with E-state index in [2.05, 4.69) is 43.3 Å². The maximum absolute atomic E-state index is 2.57. The fourth-order valence-corrected chi connectivity index (χ4v) is 5.29. The van der Waals surface area contributed by atoms with E-state index in [0.717, 1.165) is 11.8 Å². The van der Waals surface area contributed by atoms with E-state index >= 15 is 0 Å². The van der Waals surface area contributed by atoms with Gasteiger partial charge in [-0.3, -0.25) is 0 Å².